The molecule has 0 unspecified atom stereocenters. The third-order valence-electron chi connectivity index (χ3n) is 2.83. The SMILES string of the molecule is O=C(O)c1ccc[n+](CC(=O)c2ccccc2[N+](=O)[O-])c1.[Br-]. The number of ketones is 1. The smallest absolute Gasteiger partial charge is 0.341 e. The highest BCUT2D eigenvalue weighted by Gasteiger charge is 2.22. The van der Waals surface area contributed by atoms with Crippen molar-refractivity contribution in [3.05, 3.63) is 70.0 Å². The molecule has 0 amide bonds. The Labute approximate surface area is 135 Å². The molecule has 2 rings (SSSR count). The maximum atomic E-state index is 12.1. The van der Waals surface area contributed by atoms with Crippen LogP contribution in [0.5, 0.6) is 0 Å². The fourth-order valence-electron chi connectivity index (χ4n) is 1.87. The van der Waals surface area contributed by atoms with Crippen LogP contribution < -0.4 is 21.5 Å². The van der Waals surface area contributed by atoms with Gasteiger partial charge in [0.1, 0.15) is 11.1 Å². The van der Waals surface area contributed by atoms with Crippen LogP contribution in [0, 0.1) is 10.1 Å². The van der Waals surface area contributed by atoms with E-state index in [1.54, 1.807) is 6.07 Å². The summed E-state index contributed by atoms with van der Waals surface area (Å²) >= 11 is 0. The van der Waals surface area contributed by atoms with Gasteiger partial charge in [0.15, 0.2) is 12.4 Å². The number of nitrogens with zero attached hydrogens (tertiary/aromatic N) is 2. The Morgan fingerprint density at radius 2 is 1.86 bits per heavy atom. The van der Waals surface area contributed by atoms with Crippen LogP contribution in [-0.2, 0) is 6.54 Å². The van der Waals surface area contributed by atoms with Crippen LogP contribution in [0.15, 0.2) is 48.8 Å². The average molecular weight is 367 g/mol. The number of aromatic nitrogens is 1. The van der Waals surface area contributed by atoms with E-state index in [1.165, 1.54) is 47.3 Å². The molecule has 114 valence electrons. The third kappa shape index (κ3) is 3.95. The predicted molar refractivity (Wildman–Crippen MR) is 71.0 cm³/mol. The van der Waals surface area contributed by atoms with E-state index in [2.05, 4.69) is 0 Å². The van der Waals surface area contributed by atoms with Crippen LogP contribution in [0.25, 0.3) is 0 Å². The van der Waals surface area contributed by atoms with Gasteiger partial charge in [0.25, 0.3) is 5.69 Å². The first kappa shape index (κ1) is 17.4. The molecule has 0 saturated heterocycles. The zero-order chi connectivity index (χ0) is 15.4. The summed E-state index contributed by atoms with van der Waals surface area (Å²) in [4.78, 5) is 33.3. The molecule has 1 N–H and O–H groups in total. The summed E-state index contributed by atoms with van der Waals surface area (Å²) in [6.45, 7) is -0.175. The Balaban J connectivity index is 0.00000242. The lowest BCUT2D eigenvalue weighted by molar-refractivity contribution is -0.683. The van der Waals surface area contributed by atoms with Gasteiger partial charge in [-0.05, 0) is 12.1 Å². The molecule has 0 aliphatic heterocycles. The lowest BCUT2D eigenvalue weighted by Crippen LogP contribution is -3.00. The molecule has 7 nitrogen and oxygen atoms in total. The highest BCUT2D eigenvalue weighted by atomic mass is 79.9. The van der Waals surface area contributed by atoms with Gasteiger partial charge >= 0.3 is 5.97 Å². The Hall–Kier alpha value is -2.61. The van der Waals surface area contributed by atoms with Crippen molar-refractivity contribution >= 4 is 17.4 Å². The van der Waals surface area contributed by atoms with Crippen LogP contribution in [-0.4, -0.2) is 21.8 Å². The van der Waals surface area contributed by atoms with Crippen LogP contribution in [0.1, 0.15) is 20.7 Å². The molecule has 0 spiro atoms. The molecule has 1 aromatic carbocycles. The maximum absolute atomic E-state index is 12.1. The zero-order valence-electron chi connectivity index (χ0n) is 11.2. The minimum absolute atomic E-state index is 0. The first-order chi connectivity index (χ1) is 9.99. The van der Waals surface area contributed by atoms with Crippen molar-refractivity contribution < 1.29 is 41.2 Å². The van der Waals surface area contributed by atoms with Crippen LogP contribution >= 0.6 is 0 Å². The van der Waals surface area contributed by atoms with E-state index in [1.807, 2.05) is 0 Å². The van der Waals surface area contributed by atoms with E-state index >= 15 is 0 Å². The molecular weight excluding hydrogens is 356 g/mol. The second kappa shape index (κ2) is 7.41. The van der Waals surface area contributed by atoms with Gasteiger partial charge in [-0.15, -0.1) is 0 Å². The van der Waals surface area contributed by atoms with Gasteiger partial charge in [-0.3, -0.25) is 14.9 Å². The van der Waals surface area contributed by atoms with Gasteiger partial charge in [-0.1, -0.05) is 12.1 Å². The highest BCUT2D eigenvalue weighted by molar-refractivity contribution is 5.98. The van der Waals surface area contributed by atoms with Crippen molar-refractivity contribution in [3.63, 3.8) is 0 Å². The van der Waals surface area contributed by atoms with Gasteiger partial charge in [0, 0.05) is 12.1 Å². The molecule has 1 aromatic heterocycles. The van der Waals surface area contributed by atoms with E-state index in [-0.39, 0.29) is 40.3 Å². The number of nitro groups is 1. The van der Waals surface area contributed by atoms with Gasteiger partial charge in [0.05, 0.1) is 4.92 Å². The molecule has 22 heavy (non-hydrogen) atoms. The molecule has 0 atom stereocenters. The minimum atomic E-state index is -1.11. The molecule has 2 aromatic rings. The standard InChI is InChI=1S/C14H10N2O5.BrH/c17-13(11-5-1-2-6-12(11)16(20)21)9-15-7-3-4-10(8-15)14(18)19;/h1-8H,9H2;1H. The van der Waals surface area contributed by atoms with Gasteiger partial charge in [-0.25, -0.2) is 4.79 Å². The molecular formula is C14H11BrN2O5. The number of carbonyl (C=O) groups excluding carboxylic acids is 1. The first-order valence-electron chi connectivity index (χ1n) is 5.98. The van der Waals surface area contributed by atoms with Gasteiger partial charge in [0.2, 0.25) is 12.3 Å². The average Bonchev–Trinajstić information content (AvgIpc) is 2.47. The summed E-state index contributed by atoms with van der Waals surface area (Å²) in [5.41, 5.74) is -0.235. The van der Waals surface area contributed by atoms with E-state index in [9.17, 15) is 19.7 Å². The lowest BCUT2D eigenvalue weighted by atomic mass is 10.1. The number of aromatic carboxylic acids is 1. The number of carboxylic acid groups (broad SMARTS) is 1. The number of pyridine rings is 1. The monoisotopic (exact) mass is 366 g/mol. The second-order valence-corrected chi connectivity index (χ2v) is 4.27. The highest BCUT2D eigenvalue weighted by Crippen LogP contribution is 2.18. The van der Waals surface area contributed by atoms with Crippen molar-refractivity contribution in [2.24, 2.45) is 0 Å². The summed E-state index contributed by atoms with van der Waals surface area (Å²) in [6, 6.07) is 8.55. The number of hydrogen-bond donors (Lipinski definition) is 1. The number of rotatable bonds is 5. The molecule has 0 radical (unpaired) electrons. The zero-order valence-corrected chi connectivity index (χ0v) is 12.8. The number of para-hydroxylation sites is 1. The number of nitro benzene ring substituents is 1. The van der Waals surface area contributed by atoms with Crippen molar-refractivity contribution in [2.45, 2.75) is 6.54 Å². The summed E-state index contributed by atoms with van der Waals surface area (Å²) < 4.78 is 1.38. The number of carboxylic acids is 1. The van der Waals surface area contributed by atoms with E-state index in [0.717, 1.165) is 0 Å². The molecule has 8 heteroatoms. The first-order valence-corrected chi connectivity index (χ1v) is 5.98. The third-order valence-corrected chi connectivity index (χ3v) is 2.83. The number of benzene rings is 1. The summed E-state index contributed by atoms with van der Waals surface area (Å²) in [7, 11) is 0. The van der Waals surface area contributed by atoms with Crippen molar-refractivity contribution in [1.29, 1.82) is 0 Å². The van der Waals surface area contributed by atoms with E-state index < -0.39 is 16.7 Å². The van der Waals surface area contributed by atoms with Gasteiger partial charge < -0.3 is 22.1 Å². The van der Waals surface area contributed by atoms with E-state index in [4.69, 9.17) is 5.11 Å². The Bertz CT molecular complexity index is 733. The predicted octanol–water partition coefficient (Wildman–Crippen LogP) is -1.53. The quantitative estimate of drug-likeness (QED) is 0.299. The lowest BCUT2D eigenvalue weighted by Gasteiger charge is -2.00. The van der Waals surface area contributed by atoms with Crippen LogP contribution in [0.3, 0.4) is 0 Å². The largest absolute Gasteiger partial charge is 1.00 e. The molecule has 0 bridgehead atoms. The fraction of sp³-hybridized carbons (Fsp3) is 0.0714. The summed E-state index contributed by atoms with van der Waals surface area (Å²) in [5, 5.41) is 19.8. The second-order valence-electron chi connectivity index (χ2n) is 4.27. The van der Waals surface area contributed by atoms with Crippen molar-refractivity contribution in [2.75, 3.05) is 0 Å². The topological polar surface area (TPSA) is 101 Å². The normalized spacial score (nSPS) is 9.64. The molecule has 0 saturated carbocycles. The summed E-state index contributed by atoms with van der Waals surface area (Å²) in [6.07, 6.45) is 2.83. The Kier molecular flexibility index (Phi) is 5.88. The van der Waals surface area contributed by atoms with Crippen molar-refractivity contribution in [3.8, 4) is 0 Å². The number of hydrogen-bond acceptors (Lipinski definition) is 4. The van der Waals surface area contributed by atoms with E-state index in [0.29, 0.717) is 0 Å². The maximum Gasteiger partial charge on any atom is 0.341 e. The van der Waals surface area contributed by atoms with Crippen LogP contribution in [0.4, 0.5) is 5.69 Å². The minimum Gasteiger partial charge on any atom is -1.00 e. The Morgan fingerprint density at radius 3 is 2.50 bits per heavy atom. The molecule has 0 aliphatic rings. The summed E-state index contributed by atoms with van der Waals surface area (Å²) in [5.74, 6) is -1.57. The van der Waals surface area contributed by atoms with Crippen molar-refractivity contribution in [1.82, 2.24) is 0 Å². The molecule has 1 heterocycles. The number of Topliss-reactive ketones (excluding diaryl/α,β-unsaturated/α-hetero) is 1. The number of halogens is 1. The van der Waals surface area contributed by atoms with Crippen LogP contribution in [0.2, 0.25) is 0 Å². The van der Waals surface area contributed by atoms with Gasteiger partial charge in [-0.2, -0.15) is 4.57 Å². The fourth-order valence-corrected chi connectivity index (χ4v) is 1.87. The number of carbonyl (C=O) groups is 2. The Morgan fingerprint density at radius 1 is 1.18 bits per heavy atom. The molecule has 0 aliphatic carbocycles. The molecule has 0 fully saturated rings.